The Hall–Kier alpha value is -1.80. The number of phenolic OH excluding ortho intramolecular Hbond substituents is 1. The summed E-state index contributed by atoms with van der Waals surface area (Å²) in [5.74, 6) is 0.566. The Kier molecular flexibility index (Phi) is 3.14. The molecule has 18 heavy (non-hydrogen) atoms. The van der Waals surface area contributed by atoms with Crippen molar-refractivity contribution in [2.24, 2.45) is 4.99 Å². The molecule has 1 aliphatic rings. The zero-order valence-corrected chi connectivity index (χ0v) is 10.9. The van der Waals surface area contributed by atoms with E-state index < -0.39 is 5.54 Å². The molecular formula is C14H17NO3. The van der Waals surface area contributed by atoms with Crippen molar-refractivity contribution < 1.29 is 14.6 Å². The zero-order chi connectivity index (χ0) is 13.3. The number of ether oxygens (including phenoxy) is 1. The Morgan fingerprint density at radius 2 is 2.11 bits per heavy atom. The molecule has 0 atom stereocenters. The molecule has 1 N–H and O–H groups in total. The molecule has 0 unspecified atom stereocenters. The molecule has 96 valence electrons. The maximum Gasteiger partial charge on any atom is 0.235 e. The standard InChI is InChI=1S/C14H17NO3/c1-9-7-11(13(18-3)12(17)10(9)2)14(15-8-16)5-4-6-14/h7,17H,4-6H2,1-3H3. The fourth-order valence-electron chi connectivity index (χ4n) is 2.47. The van der Waals surface area contributed by atoms with Crippen molar-refractivity contribution in [3.05, 3.63) is 22.8 Å². The molecule has 0 amide bonds. The quantitative estimate of drug-likeness (QED) is 0.660. The average molecular weight is 247 g/mol. The first-order chi connectivity index (χ1) is 8.55. The van der Waals surface area contributed by atoms with Gasteiger partial charge in [-0.2, -0.15) is 4.99 Å². The van der Waals surface area contributed by atoms with Crippen LogP contribution in [0.4, 0.5) is 0 Å². The summed E-state index contributed by atoms with van der Waals surface area (Å²) < 4.78 is 5.30. The molecule has 0 aromatic heterocycles. The molecule has 0 bridgehead atoms. The monoisotopic (exact) mass is 247 g/mol. The smallest absolute Gasteiger partial charge is 0.235 e. The second kappa shape index (κ2) is 4.46. The highest BCUT2D eigenvalue weighted by atomic mass is 16.5. The van der Waals surface area contributed by atoms with Crippen LogP contribution in [0.3, 0.4) is 0 Å². The number of nitrogens with zero attached hydrogens (tertiary/aromatic N) is 1. The molecular weight excluding hydrogens is 230 g/mol. The topological polar surface area (TPSA) is 58.9 Å². The Bertz CT molecular complexity index is 526. The third-order valence-corrected chi connectivity index (χ3v) is 3.91. The SMILES string of the molecule is COc1c(C2(N=C=O)CCC2)cc(C)c(C)c1O. The number of phenols is 1. The third kappa shape index (κ3) is 1.70. The second-order valence-electron chi connectivity index (χ2n) is 4.84. The molecule has 4 heteroatoms. The van der Waals surface area contributed by atoms with Gasteiger partial charge in [0, 0.05) is 5.56 Å². The van der Waals surface area contributed by atoms with Gasteiger partial charge in [-0.25, -0.2) is 4.79 Å². The average Bonchev–Trinajstić information content (AvgIpc) is 2.30. The van der Waals surface area contributed by atoms with E-state index in [1.165, 1.54) is 7.11 Å². The first kappa shape index (κ1) is 12.7. The van der Waals surface area contributed by atoms with E-state index in [0.29, 0.717) is 5.75 Å². The second-order valence-corrected chi connectivity index (χ2v) is 4.84. The molecule has 1 fully saturated rings. The van der Waals surface area contributed by atoms with Crippen LogP contribution in [0.2, 0.25) is 0 Å². The van der Waals surface area contributed by atoms with Gasteiger partial charge in [-0.1, -0.05) is 0 Å². The van der Waals surface area contributed by atoms with Gasteiger partial charge in [0.2, 0.25) is 6.08 Å². The predicted octanol–water partition coefficient (Wildman–Crippen LogP) is 2.73. The number of isocyanates is 1. The van der Waals surface area contributed by atoms with Crippen LogP contribution in [-0.2, 0) is 10.3 Å². The lowest BCUT2D eigenvalue weighted by Crippen LogP contribution is -2.32. The van der Waals surface area contributed by atoms with Gasteiger partial charge in [0.1, 0.15) is 5.54 Å². The first-order valence-corrected chi connectivity index (χ1v) is 6.02. The van der Waals surface area contributed by atoms with Crippen molar-refractivity contribution >= 4 is 6.08 Å². The summed E-state index contributed by atoms with van der Waals surface area (Å²) in [6.45, 7) is 3.77. The van der Waals surface area contributed by atoms with Crippen LogP contribution < -0.4 is 4.74 Å². The maximum absolute atomic E-state index is 10.6. The van der Waals surface area contributed by atoms with Crippen molar-refractivity contribution in [1.82, 2.24) is 0 Å². The lowest BCUT2D eigenvalue weighted by atomic mass is 9.71. The number of benzene rings is 1. The normalized spacial score (nSPS) is 16.6. The molecule has 0 saturated heterocycles. The third-order valence-electron chi connectivity index (χ3n) is 3.91. The van der Waals surface area contributed by atoms with Crippen molar-refractivity contribution in [2.45, 2.75) is 38.6 Å². The molecule has 1 aliphatic carbocycles. The zero-order valence-electron chi connectivity index (χ0n) is 10.9. The van der Waals surface area contributed by atoms with Crippen LogP contribution in [-0.4, -0.2) is 18.3 Å². The Morgan fingerprint density at radius 3 is 2.56 bits per heavy atom. The molecule has 0 heterocycles. The largest absolute Gasteiger partial charge is 0.504 e. The number of aryl methyl sites for hydroxylation is 1. The van der Waals surface area contributed by atoms with Crippen molar-refractivity contribution in [3.8, 4) is 11.5 Å². The highest BCUT2D eigenvalue weighted by Gasteiger charge is 2.42. The highest BCUT2D eigenvalue weighted by molar-refractivity contribution is 5.57. The first-order valence-electron chi connectivity index (χ1n) is 6.02. The van der Waals surface area contributed by atoms with E-state index in [1.807, 2.05) is 19.9 Å². The Labute approximate surface area is 106 Å². The van der Waals surface area contributed by atoms with Crippen LogP contribution in [0.15, 0.2) is 11.1 Å². The molecule has 0 radical (unpaired) electrons. The van der Waals surface area contributed by atoms with Crippen molar-refractivity contribution in [2.75, 3.05) is 7.11 Å². The Balaban J connectivity index is 2.67. The van der Waals surface area contributed by atoms with Crippen molar-refractivity contribution in [1.29, 1.82) is 0 Å². The number of rotatable bonds is 3. The number of carbonyl (C=O) groups excluding carboxylic acids is 1. The fourth-order valence-corrected chi connectivity index (χ4v) is 2.47. The van der Waals surface area contributed by atoms with E-state index in [2.05, 4.69) is 4.99 Å². The van der Waals surface area contributed by atoms with Gasteiger partial charge >= 0.3 is 0 Å². The van der Waals surface area contributed by atoms with Gasteiger partial charge in [-0.15, -0.1) is 0 Å². The van der Waals surface area contributed by atoms with Gasteiger partial charge in [-0.05, 0) is 50.3 Å². The highest BCUT2D eigenvalue weighted by Crippen LogP contribution is 2.51. The van der Waals surface area contributed by atoms with E-state index in [9.17, 15) is 9.90 Å². The minimum Gasteiger partial charge on any atom is -0.504 e. The molecule has 0 aliphatic heterocycles. The number of methoxy groups -OCH3 is 1. The van der Waals surface area contributed by atoms with Crippen LogP contribution in [0.5, 0.6) is 11.5 Å². The number of aromatic hydroxyl groups is 1. The van der Waals surface area contributed by atoms with Crippen LogP contribution in [0.1, 0.15) is 36.0 Å². The van der Waals surface area contributed by atoms with Crippen molar-refractivity contribution in [3.63, 3.8) is 0 Å². The number of aliphatic imine (C=N–C) groups is 1. The van der Waals surface area contributed by atoms with E-state index in [0.717, 1.165) is 36.0 Å². The van der Waals surface area contributed by atoms with Crippen LogP contribution in [0.25, 0.3) is 0 Å². The lowest BCUT2D eigenvalue weighted by molar-refractivity contribution is 0.243. The van der Waals surface area contributed by atoms with Gasteiger partial charge in [0.05, 0.1) is 7.11 Å². The van der Waals surface area contributed by atoms with Gasteiger partial charge in [0.15, 0.2) is 11.5 Å². The summed E-state index contributed by atoms with van der Waals surface area (Å²) in [6, 6.07) is 1.95. The Morgan fingerprint density at radius 1 is 1.44 bits per heavy atom. The summed E-state index contributed by atoms with van der Waals surface area (Å²) in [5, 5.41) is 10.1. The van der Waals surface area contributed by atoms with E-state index in [4.69, 9.17) is 4.74 Å². The summed E-state index contributed by atoms with van der Waals surface area (Å²) in [5.41, 5.74) is 2.00. The van der Waals surface area contributed by atoms with E-state index in [-0.39, 0.29) is 5.75 Å². The molecule has 0 spiro atoms. The fraction of sp³-hybridized carbons (Fsp3) is 0.500. The molecule has 2 rings (SSSR count). The van der Waals surface area contributed by atoms with Crippen LogP contribution >= 0.6 is 0 Å². The summed E-state index contributed by atoms with van der Waals surface area (Å²) in [7, 11) is 1.52. The number of hydrogen-bond acceptors (Lipinski definition) is 4. The molecule has 1 aromatic rings. The summed E-state index contributed by atoms with van der Waals surface area (Å²) in [6.07, 6.45) is 4.25. The molecule has 1 saturated carbocycles. The minimum atomic E-state index is -0.553. The van der Waals surface area contributed by atoms with E-state index >= 15 is 0 Å². The predicted molar refractivity (Wildman–Crippen MR) is 67.8 cm³/mol. The van der Waals surface area contributed by atoms with E-state index in [1.54, 1.807) is 6.08 Å². The van der Waals surface area contributed by atoms with Crippen LogP contribution in [0, 0.1) is 13.8 Å². The lowest BCUT2D eigenvalue weighted by Gasteiger charge is -2.38. The molecule has 4 nitrogen and oxygen atoms in total. The summed E-state index contributed by atoms with van der Waals surface area (Å²) in [4.78, 5) is 14.6. The van der Waals surface area contributed by atoms with Gasteiger partial charge in [0.25, 0.3) is 0 Å². The van der Waals surface area contributed by atoms with Gasteiger partial charge < -0.3 is 9.84 Å². The molecule has 1 aromatic carbocycles. The maximum atomic E-state index is 10.6. The van der Waals surface area contributed by atoms with Gasteiger partial charge in [-0.3, -0.25) is 0 Å². The summed E-state index contributed by atoms with van der Waals surface area (Å²) >= 11 is 0. The minimum absolute atomic E-state index is 0.139. The number of hydrogen-bond donors (Lipinski definition) is 1.